The number of phenols is 1. The van der Waals surface area contributed by atoms with Crippen LogP contribution in [0.15, 0.2) is 144 Å². The number of ether oxygens (including phenoxy) is 1. The van der Waals surface area contributed by atoms with Crippen molar-refractivity contribution >= 4 is 93.1 Å². The van der Waals surface area contributed by atoms with Crippen molar-refractivity contribution in [1.82, 2.24) is 0 Å². The number of benzene rings is 6. The summed E-state index contributed by atoms with van der Waals surface area (Å²) in [5.74, 6) is -0.528. The first-order valence-electron chi connectivity index (χ1n) is 16.5. The molecule has 0 aliphatic rings. The largest absolute Gasteiger partial charge is 0.506 e. The zero-order valence-electron chi connectivity index (χ0n) is 30.0. The molecular formula is C37H28N6O13S3. The minimum atomic E-state index is -4.94. The van der Waals surface area contributed by atoms with E-state index in [0.29, 0.717) is 22.5 Å². The second-order valence-corrected chi connectivity index (χ2v) is 16.4. The molecular weight excluding hydrogens is 833 g/mol. The Bertz CT molecular complexity index is 3090. The molecule has 5 N–H and O–H groups in total. The summed E-state index contributed by atoms with van der Waals surface area (Å²) in [4.78, 5) is 8.10. The highest BCUT2D eigenvalue weighted by Gasteiger charge is 2.24. The number of hydrogen-bond acceptors (Lipinski definition) is 15. The highest BCUT2D eigenvalue weighted by molar-refractivity contribution is 7.86. The topological polar surface area (TPSA) is 297 Å². The highest BCUT2D eigenvalue weighted by atomic mass is 32.2. The van der Waals surface area contributed by atoms with E-state index in [0.717, 1.165) is 42.1 Å². The first-order valence-corrected chi connectivity index (χ1v) is 20.8. The van der Waals surface area contributed by atoms with E-state index in [1.807, 2.05) is 30.3 Å². The molecule has 0 bridgehead atoms. The number of nitrogens with one attached hydrogen (secondary N) is 1. The van der Waals surface area contributed by atoms with Crippen LogP contribution in [0.5, 0.6) is 11.5 Å². The van der Waals surface area contributed by atoms with E-state index in [-0.39, 0.29) is 39.6 Å². The maximum Gasteiger partial charge on any atom is 0.296 e. The van der Waals surface area contributed by atoms with Crippen molar-refractivity contribution in [3.8, 4) is 11.5 Å². The van der Waals surface area contributed by atoms with E-state index >= 15 is 0 Å². The lowest BCUT2D eigenvalue weighted by Crippen LogP contribution is -2.02. The first kappa shape index (κ1) is 41.7. The number of nitrogens with zero attached hydrogens (tertiary/aromatic N) is 5. The maximum atomic E-state index is 12.5. The molecule has 0 atom stereocenters. The molecule has 0 aromatic heterocycles. The van der Waals surface area contributed by atoms with E-state index in [1.165, 1.54) is 37.4 Å². The molecule has 0 aliphatic heterocycles. The van der Waals surface area contributed by atoms with Gasteiger partial charge in [-0.3, -0.25) is 23.8 Å². The van der Waals surface area contributed by atoms with Crippen molar-refractivity contribution in [2.24, 2.45) is 20.5 Å². The molecule has 0 heterocycles. The first-order chi connectivity index (χ1) is 27.8. The van der Waals surface area contributed by atoms with Crippen LogP contribution in [0.3, 0.4) is 0 Å². The van der Waals surface area contributed by atoms with Gasteiger partial charge in [0.25, 0.3) is 36.0 Å². The summed E-state index contributed by atoms with van der Waals surface area (Å²) in [5, 5.41) is 41.7. The fourth-order valence-electron chi connectivity index (χ4n) is 5.60. The SMILES string of the molecule is COc1c(N=Nc2ccc(N=Nc3ccc(C=Cc4ccc([N+](=O)[O-])cc4S(=O)(=O)O)c(S(=O)(=O)O)c3)cc2O)c(S(=O)(=O)O)cc2cc(Nc3ccccc3)ccc12. The summed E-state index contributed by atoms with van der Waals surface area (Å²) in [5.41, 5.74) is -0.212. The van der Waals surface area contributed by atoms with Gasteiger partial charge >= 0.3 is 0 Å². The Morgan fingerprint density at radius 3 is 1.83 bits per heavy atom. The van der Waals surface area contributed by atoms with Crippen LogP contribution in [0.25, 0.3) is 22.9 Å². The third-order valence-corrected chi connectivity index (χ3v) is 11.0. The van der Waals surface area contributed by atoms with Crippen molar-refractivity contribution < 1.29 is 53.7 Å². The number of nitro benzene ring substituents is 1. The summed E-state index contributed by atoms with van der Waals surface area (Å²) in [7, 11) is -13.5. The van der Waals surface area contributed by atoms with Gasteiger partial charge in [0.2, 0.25) is 0 Å². The zero-order chi connectivity index (χ0) is 42.7. The lowest BCUT2D eigenvalue weighted by Gasteiger charge is -2.14. The number of phenolic OH excluding ortho intramolecular Hbond substituents is 1. The minimum absolute atomic E-state index is 0.0246. The van der Waals surface area contributed by atoms with Crippen LogP contribution in [0.1, 0.15) is 11.1 Å². The third kappa shape index (κ3) is 9.78. The molecule has 0 radical (unpaired) electrons. The molecule has 0 unspecified atom stereocenters. The van der Waals surface area contributed by atoms with Crippen LogP contribution >= 0.6 is 0 Å². The Balaban J connectivity index is 1.27. The van der Waals surface area contributed by atoms with Crippen molar-refractivity contribution in [3.05, 3.63) is 130 Å². The number of para-hydroxylation sites is 1. The number of non-ortho nitro benzene ring substituents is 1. The summed E-state index contributed by atoms with van der Waals surface area (Å²) in [6, 6.07) is 25.2. The Kier molecular flexibility index (Phi) is 11.7. The number of nitro groups is 1. The smallest absolute Gasteiger partial charge is 0.296 e. The maximum absolute atomic E-state index is 12.5. The van der Waals surface area contributed by atoms with Crippen LogP contribution in [0, 0.1) is 10.1 Å². The Labute approximate surface area is 335 Å². The van der Waals surface area contributed by atoms with Crippen LogP contribution in [0.2, 0.25) is 0 Å². The summed E-state index contributed by atoms with van der Waals surface area (Å²) < 4.78 is 108. The molecule has 6 rings (SSSR count). The fourth-order valence-corrected chi connectivity index (χ4v) is 7.66. The van der Waals surface area contributed by atoms with Crippen LogP contribution < -0.4 is 10.1 Å². The summed E-state index contributed by atoms with van der Waals surface area (Å²) in [6.07, 6.45) is 2.14. The molecule has 6 aromatic rings. The molecule has 302 valence electrons. The third-order valence-electron chi connectivity index (χ3n) is 8.28. The normalized spacial score (nSPS) is 12.5. The van der Waals surface area contributed by atoms with Gasteiger partial charge in [0.05, 0.1) is 23.4 Å². The van der Waals surface area contributed by atoms with Crippen molar-refractivity contribution in [2.45, 2.75) is 14.7 Å². The van der Waals surface area contributed by atoms with E-state index in [4.69, 9.17) is 4.74 Å². The molecule has 0 fully saturated rings. The van der Waals surface area contributed by atoms with Crippen LogP contribution in [-0.4, -0.2) is 56.1 Å². The Morgan fingerprint density at radius 1 is 0.644 bits per heavy atom. The number of rotatable bonds is 13. The quantitative estimate of drug-likeness (QED) is 0.0238. The van der Waals surface area contributed by atoms with E-state index in [2.05, 4.69) is 25.8 Å². The van der Waals surface area contributed by atoms with Crippen LogP contribution in [-0.2, 0) is 30.4 Å². The lowest BCUT2D eigenvalue weighted by atomic mass is 10.1. The number of anilines is 2. The molecule has 0 saturated heterocycles. The number of azo groups is 2. The minimum Gasteiger partial charge on any atom is -0.506 e. The van der Waals surface area contributed by atoms with Crippen molar-refractivity contribution in [1.29, 1.82) is 0 Å². The van der Waals surface area contributed by atoms with Crippen molar-refractivity contribution in [3.63, 3.8) is 0 Å². The van der Waals surface area contributed by atoms with Gasteiger partial charge < -0.3 is 15.2 Å². The predicted molar refractivity (Wildman–Crippen MR) is 215 cm³/mol. The standard InChI is InChI=1S/C37H28N6O13S3/c1-56-37-30-15-12-26(38-25-5-3-2-4-6-25)17-24(30)18-35(59(53,54)55)36(37)42-41-31-16-13-27(19-32(31)44)39-40-28-11-9-22(33(20-28)57(47,48)49)7-8-23-10-14-29(43(45)46)21-34(23)58(50,51)52/h2-21,38,44H,1H3,(H,47,48,49)(H,50,51,52)(H,53,54,55). The number of fused-ring (bicyclic) bond motifs is 1. The molecule has 19 nitrogen and oxygen atoms in total. The van der Waals surface area contributed by atoms with Gasteiger partial charge in [-0.25, -0.2) is 0 Å². The zero-order valence-corrected chi connectivity index (χ0v) is 32.4. The lowest BCUT2D eigenvalue weighted by molar-refractivity contribution is -0.385. The Morgan fingerprint density at radius 2 is 1.24 bits per heavy atom. The molecule has 0 amide bonds. The van der Waals surface area contributed by atoms with E-state index in [1.54, 1.807) is 18.2 Å². The molecule has 59 heavy (non-hydrogen) atoms. The second-order valence-electron chi connectivity index (χ2n) is 12.2. The predicted octanol–water partition coefficient (Wildman–Crippen LogP) is 8.95. The van der Waals surface area contributed by atoms with Crippen molar-refractivity contribution in [2.75, 3.05) is 12.4 Å². The molecule has 6 aromatic carbocycles. The molecule has 0 spiro atoms. The summed E-state index contributed by atoms with van der Waals surface area (Å²) in [6.45, 7) is 0. The van der Waals surface area contributed by atoms with Gasteiger partial charge in [-0.2, -0.15) is 35.5 Å². The van der Waals surface area contributed by atoms with Crippen LogP contribution in [0.4, 0.5) is 39.8 Å². The van der Waals surface area contributed by atoms with Gasteiger partial charge in [0, 0.05) is 35.0 Å². The molecule has 0 aliphatic carbocycles. The second kappa shape index (κ2) is 16.5. The average molecular weight is 861 g/mol. The number of hydrogen-bond donors (Lipinski definition) is 5. The van der Waals surface area contributed by atoms with Gasteiger partial charge in [-0.1, -0.05) is 36.4 Å². The molecule has 0 saturated carbocycles. The monoisotopic (exact) mass is 860 g/mol. The summed E-state index contributed by atoms with van der Waals surface area (Å²) >= 11 is 0. The van der Waals surface area contributed by atoms with Gasteiger partial charge in [-0.05, 0) is 83.2 Å². The van der Waals surface area contributed by atoms with E-state index in [9.17, 15) is 54.1 Å². The van der Waals surface area contributed by atoms with Gasteiger partial charge in [0.1, 0.15) is 31.8 Å². The van der Waals surface area contributed by atoms with Gasteiger partial charge in [-0.15, -0.1) is 10.2 Å². The van der Waals surface area contributed by atoms with E-state index < -0.39 is 61.4 Å². The highest BCUT2D eigenvalue weighted by Crippen LogP contribution is 2.44. The van der Waals surface area contributed by atoms with Gasteiger partial charge in [0.15, 0.2) is 5.75 Å². The Hall–Kier alpha value is -6.95. The molecule has 22 heteroatoms. The number of aromatic hydroxyl groups is 1. The fraction of sp³-hybridized carbons (Fsp3) is 0.0270. The number of methoxy groups -OCH3 is 1. The average Bonchev–Trinajstić information content (AvgIpc) is 3.17.